The number of nitrogens with one attached hydrogen (secondary N) is 1. The third-order valence-corrected chi connectivity index (χ3v) is 4.86. The minimum Gasteiger partial charge on any atom is -0.467 e. The number of hydrogen-bond donors (Lipinski definition) is 1. The van der Waals surface area contributed by atoms with Crippen molar-refractivity contribution in [3.8, 4) is 11.5 Å². The van der Waals surface area contributed by atoms with Crippen molar-refractivity contribution in [2.24, 2.45) is 5.92 Å². The lowest BCUT2D eigenvalue weighted by atomic mass is 10.1. The highest BCUT2D eigenvalue weighted by molar-refractivity contribution is 5.89. The van der Waals surface area contributed by atoms with E-state index in [0.717, 1.165) is 17.1 Å². The lowest BCUT2D eigenvalue weighted by Gasteiger charge is -2.15. The maximum Gasteiger partial charge on any atom is 0.225 e. The second-order valence-electron chi connectivity index (χ2n) is 7.03. The molecule has 0 unspecified atom stereocenters. The monoisotopic (exact) mass is 390 g/mol. The summed E-state index contributed by atoms with van der Waals surface area (Å²) in [4.78, 5) is 26.4. The van der Waals surface area contributed by atoms with Crippen molar-refractivity contribution in [2.45, 2.75) is 19.5 Å². The highest BCUT2D eigenvalue weighted by atomic mass is 16.5. The third-order valence-electron chi connectivity index (χ3n) is 4.86. The molecule has 2 aromatic carbocycles. The molecule has 1 atom stereocenters. The number of amides is 2. The van der Waals surface area contributed by atoms with Gasteiger partial charge in [-0.05, 0) is 42.0 Å². The molecule has 0 aliphatic carbocycles. The van der Waals surface area contributed by atoms with Crippen LogP contribution in [0.3, 0.4) is 0 Å². The Balaban J connectivity index is 1.30. The largest absolute Gasteiger partial charge is 0.467 e. The molecule has 148 valence electrons. The van der Waals surface area contributed by atoms with E-state index in [1.807, 2.05) is 60.7 Å². The normalized spacial score (nSPS) is 16.1. The maximum absolute atomic E-state index is 12.5. The Labute approximate surface area is 169 Å². The van der Waals surface area contributed by atoms with Gasteiger partial charge >= 0.3 is 0 Å². The van der Waals surface area contributed by atoms with E-state index < -0.39 is 0 Å². The molecule has 0 saturated carbocycles. The lowest BCUT2D eigenvalue weighted by molar-refractivity contribution is -0.129. The van der Waals surface area contributed by atoms with Gasteiger partial charge in [0.15, 0.2) is 0 Å². The molecule has 1 saturated heterocycles. The number of hydrogen-bond acceptors (Lipinski definition) is 4. The molecule has 1 aliphatic rings. The van der Waals surface area contributed by atoms with E-state index in [2.05, 4.69) is 5.32 Å². The van der Waals surface area contributed by atoms with Gasteiger partial charge in [0.2, 0.25) is 11.8 Å². The van der Waals surface area contributed by atoms with Crippen molar-refractivity contribution >= 4 is 11.8 Å². The fraction of sp³-hybridized carbons (Fsp3) is 0.217. The SMILES string of the molecule is O=C(NCc1cccc(Oc2ccccc2)c1)[C@H]1CC(=O)N(Cc2ccco2)C1. The molecule has 3 aromatic rings. The standard InChI is InChI=1S/C23H22N2O4/c26-22-13-18(15-25(22)16-21-10-5-11-28-21)23(27)24-14-17-6-4-9-20(12-17)29-19-7-2-1-3-8-19/h1-12,18H,13-16H2,(H,24,27)/t18-/m0/s1. The van der Waals surface area contributed by atoms with Crippen LogP contribution >= 0.6 is 0 Å². The van der Waals surface area contributed by atoms with Crippen molar-refractivity contribution in [3.05, 3.63) is 84.3 Å². The smallest absolute Gasteiger partial charge is 0.225 e. The second-order valence-corrected chi connectivity index (χ2v) is 7.03. The fourth-order valence-electron chi connectivity index (χ4n) is 3.37. The molecule has 29 heavy (non-hydrogen) atoms. The van der Waals surface area contributed by atoms with E-state index in [-0.39, 0.29) is 24.2 Å². The maximum atomic E-state index is 12.5. The molecule has 2 heterocycles. The summed E-state index contributed by atoms with van der Waals surface area (Å²) in [5.41, 5.74) is 0.934. The van der Waals surface area contributed by atoms with Gasteiger partial charge in [-0.25, -0.2) is 0 Å². The first-order valence-corrected chi connectivity index (χ1v) is 9.57. The number of likely N-dealkylation sites (tertiary alicyclic amines) is 1. The number of carbonyl (C=O) groups excluding carboxylic acids is 2. The number of para-hydroxylation sites is 1. The number of ether oxygens (including phenoxy) is 1. The van der Waals surface area contributed by atoms with E-state index in [4.69, 9.17) is 9.15 Å². The summed E-state index contributed by atoms with van der Waals surface area (Å²) < 4.78 is 11.1. The van der Waals surface area contributed by atoms with Crippen LogP contribution in [-0.2, 0) is 22.7 Å². The van der Waals surface area contributed by atoms with Gasteiger partial charge in [0.25, 0.3) is 0 Å². The first-order valence-electron chi connectivity index (χ1n) is 9.57. The summed E-state index contributed by atoms with van der Waals surface area (Å²) in [6.07, 6.45) is 1.80. The molecule has 1 N–H and O–H groups in total. The molecule has 1 aliphatic heterocycles. The molecule has 4 rings (SSSR count). The molecular weight excluding hydrogens is 368 g/mol. The summed E-state index contributed by atoms with van der Waals surface area (Å²) in [6, 6.07) is 20.8. The molecule has 0 radical (unpaired) electrons. The summed E-state index contributed by atoms with van der Waals surface area (Å²) in [5.74, 6) is 1.70. The predicted molar refractivity (Wildman–Crippen MR) is 107 cm³/mol. The molecule has 6 heteroatoms. The number of rotatable bonds is 7. The van der Waals surface area contributed by atoms with Crippen molar-refractivity contribution in [1.29, 1.82) is 0 Å². The Morgan fingerprint density at radius 3 is 2.69 bits per heavy atom. The van der Waals surface area contributed by atoms with Gasteiger partial charge in [-0.3, -0.25) is 9.59 Å². The Morgan fingerprint density at radius 1 is 1.07 bits per heavy atom. The van der Waals surface area contributed by atoms with Gasteiger partial charge in [0.05, 0.1) is 18.7 Å². The molecule has 1 fully saturated rings. The van der Waals surface area contributed by atoms with Gasteiger partial charge < -0.3 is 19.4 Å². The summed E-state index contributed by atoms with van der Waals surface area (Å²) >= 11 is 0. The number of carbonyl (C=O) groups is 2. The Morgan fingerprint density at radius 2 is 1.90 bits per heavy atom. The van der Waals surface area contributed by atoms with Crippen LogP contribution in [0.5, 0.6) is 11.5 Å². The van der Waals surface area contributed by atoms with E-state index >= 15 is 0 Å². The average molecular weight is 390 g/mol. The zero-order valence-corrected chi connectivity index (χ0v) is 15.9. The summed E-state index contributed by atoms with van der Waals surface area (Å²) in [5, 5.41) is 2.94. The van der Waals surface area contributed by atoms with Gasteiger partial charge in [-0.2, -0.15) is 0 Å². The van der Waals surface area contributed by atoms with E-state index in [0.29, 0.717) is 25.4 Å². The van der Waals surface area contributed by atoms with Crippen molar-refractivity contribution in [1.82, 2.24) is 10.2 Å². The van der Waals surface area contributed by atoms with Gasteiger partial charge in [-0.1, -0.05) is 30.3 Å². The van der Waals surface area contributed by atoms with Gasteiger partial charge in [-0.15, -0.1) is 0 Å². The zero-order valence-electron chi connectivity index (χ0n) is 15.9. The molecule has 1 aromatic heterocycles. The van der Waals surface area contributed by atoms with Crippen LogP contribution in [0, 0.1) is 5.92 Å². The van der Waals surface area contributed by atoms with Crippen molar-refractivity contribution in [2.75, 3.05) is 6.54 Å². The van der Waals surface area contributed by atoms with Gasteiger partial charge in [0, 0.05) is 19.5 Å². The van der Waals surface area contributed by atoms with E-state index in [1.54, 1.807) is 17.2 Å². The van der Waals surface area contributed by atoms with Crippen molar-refractivity contribution < 1.29 is 18.7 Å². The quantitative estimate of drug-likeness (QED) is 0.667. The Bertz CT molecular complexity index is 970. The number of benzene rings is 2. The van der Waals surface area contributed by atoms with Crippen LogP contribution in [0.15, 0.2) is 77.4 Å². The van der Waals surface area contributed by atoms with Gasteiger partial charge in [0.1, 0.15) is 17.3 Å². The highest BCUT2D eigenvalue weighted by Crippen LogP contribution is 2.23. The van der Waals surface area contributed by atoms with Crippen LogP contribution in [0.25, 0.3) is 0 Å². The third kappa shape index (κ3) is 4.85. The summed E-state index contributed by atoms with van der Waals surface area (Å²) in [7, 11) is 0. The lowest BCUT2D eigenvalue weighted by Crippen LogP contribution is -2.32. The Hall–Kier alpha value is -3.54. The van der Waals surface area contributed by atoms with Crippen LogP contribution < -0.4 is 10.1 Å². The molecular formula is C23H22N2O4. The summed E-state index contributed by atoms with van der Waals surface area (Å²) in [6.45, 7) is 1.19. The fourth-order valence-corrected chi connectivity index (χ4v) is 3.37. The minimum absolute atomic E-state index is 0.0280. The average Bonchev–Trinajstić information content (AvgIpc) is 3.38. The minimum atomic E-state index is -0.346. The Kier molecular flexibility index (Phi) is 5.61. The topological polar surface area (TPSA) is 71.8 Å². The molecule has 6 nitrogen and oxygen atoms in total. The number of nitrogens with zero attached hydrogens (tertiary/aromatic N) is 1. The predicted octanol–water partition coefficient (Wildman–Crippen LogP) is 3.74. The van der Waals surface area contributed by atoms with Crippen LogP contribution in [0.2, 0.25) is 0 Å². The van der Waals surface area contributed by atoms with E-state index in [9.17, 15) is 9.59 Å². The molecule has 0 bridgehead atoms. The first kappa shape index (κ1) is 18.8. The number of furan rings is 1. The van der Waals surface area contributed by atoms with E-state index in [1.165, 1.54) is 0 Å². The first-order chi connectivity index (χ1) is 14.2. The molecule has 0 spiro atoms. The zero-order chi connectivity index (χ0) is 20.1. The van der Waals surface area contributed by atoms with Crippen LogP contribution in [-0.4, -0.2) is 23.3 Å². The van der Waals surface area contributed by atoms with Crippen molar-refractivity contribution in [3.63, 3.8) is 0 Å². The van der Waals surface area contributed by atoms with Crippen LogP contribution in [0.4, 0.5) is 0 Å². The van der Waals surface area contributed by atoms with Crippen LogP contribution in [0.1, 0.15) is 17.7 Å². The molecule has 2 amide bonds. The second kappa shape index (κ2) is 8.65. The highest BCUT2D eigenvalue weighted by Gasteiger charge is 2.34.